The second-order valence-electron chi connectivity index (χ2n) is 7.78. The van der Waals surface area contributed by atoms with Gasteiger partial charge in [-0.15, -0.1) is 0 Å². The fourth-order valence-electron chi connectivity index (χ4n) is 4.42. The highest BCUT2D eigenvalue weighted by molar-refractivity contribution is 6.16. The van der Waals surface area contributed by atoms with Crippen LogP contribution in [0.25, 0.3) is 49.7 Å². The van der Waals surface area contributed by atoms with Gasteiger partial charge in [-0.25, -0.2) is 4.98 Å². The first-order valence-electron chi connectivity index (χ1n) is 10.4. The Morgan fingerprint density at radius 1 is 0.645 bits per heavy atom. The summed E-state index contributed by atoms with van der Waals surface area (Å²) < 4.78 is 2.22. The van der Waals surface area contributed by atoms with Crippen molar-refractivity contribution in [1.29, 1.82) is 0 Å². The van der Waals surface area contributed by atoms with Crippen molar-refractivity contribution < 1.29 is 5.11 Å². The lowest BCUT2D eigenvalue weighted by Crippen LogP contribution is -1.97. The van der Waals surface area contributed by atoms with E-state index in [0.717, 1.165) is 39.1 Å². The van der Waals surface area contributed by atoms with E-state index in [9.17, 15) is 5.11 Å². The van der Waals surface area contributed by atoms with E-state index in [-0.39, 0.29) is 6.61 Å². The average molecular weight is 400 g/mol. The van der Waals surface area contributed by atoms with Crippen LogP contribution in [0.1, 0.15) is 5.56 Å². The molecule has 0 bridgehead atoms. The zero-order chi connectivity index (χ0) is 20.8. The quantitative estimate of drug-likeness (QED) is 0.345. The van der Waals surface area contributed by atoms with Gasteiger partial charge in [-0.1, -0.05) is 84.9 Å². The number of aromatic nitrogens is 2. The smallest absolute Gasteiger partial charge is 0.145 e. The van der Waals surface area contributed by atoms with Crippen LogP contribution < -0.4 is 0 Å². The van der Waals surface area contributed by atoms with E-state index >= 15 is 0 Å². The molecular formula is C28H20N2O. The van der Waals surface area contributed by atoms with Crippen LogP contribution in [-0.2, 0) is 6.61 Å². The van der Waals surface area contributed by atoms with Crippen molar-refractivity contribution in [2.45, 2.75) is 6.61 Å². The standard InChI is InChI=1S/C28H20N2O/c31-18-19-10-12-21(13-11-19)28-29-27-25-15-14-20-6-4-5-9-23(20)24(25)16-17-26(27)30(28)22-7-2-1-3-8-22/h1-17,31H,18H2. The molecule has 0 aliphatic heterocycles. The molecule has 1 heterocycles. The van der Waals surface area contributed by atoms with Crippen molar-refractivity contribution in [3.63, 3.8) is 0 Å². The molecule has 0 radical (unpaired) electrons. The predicted molar refractivity (Wildman–Crippen MR) is 127 cm³/mol. The largest absolute Gasteiger partial charge is 0.392 e. The molecular weight excluding hydrogens is 380 g/mol. The van der Waals surface area contributed by atoms with Gasteiger partial charge in [0.15, 0.2) is 0 Å². The minimum absolute atomic E-state index is 0.0348. The molecule has 3 nitrogen and oxygen atoms in total. The highest BCUT2D eigenvalue weighted by atomic mass is 16.3. The maximum absolute atomic E-state index is 9.43. The monoisotopic (exact) mass is 400 g/mol. The molecule has 0 atom stereocenters. The first-order chi connectivity index (χ1) is 15.3. The summed E-state index contributed by atoms with van der Waals surface area (Å²) >= 11 is 0. The number of imidazole rings is 1. The molecule has 0 amide bonds. The number of aliphatic hydroxyl groups is 1. The van der Waals surface area contributed by atoms with E-state index in [1.54, 1.807) is 0 Å². The third-order valence-corrected chi connectivity index (χ3v) is 5.96. The molecule has 31 heavy (non-hydrogen) atoms. The van der Waals surface area contributed by atoms with Crippen LogP contribution in [0, 0.1) is 0 Å². The lowest BCUT2D eigenvalue weighted by atomic mass is 10.0. The summed E-state index contributed by atoms with van der Waals surface area (Å²) in [5.41, 5.74) is 5.06. The molecule has 0 saturated carbocycles. The molecule has 6 aromatic rings. The first-order valence-corrected chi connectivity index (χ1v) is 10.4. The Bertz CT molecular complexity index is 1550. The van der Waals surface area contributed by atoms with Crippen LogP contribution in [0.4, 0.5) is 0 Å². The number of hydrogen-bond acceptors (Lipinski definition) is 2. The lowest BCUT2D eigenvalue weighted by molar-refractivity contribution is 0.282. The zero-order valence-corrected chi connectivity index (χ0v) is 16.9. The highest BCUT2D eigenvalue weighted by Crippen LogP contribution is 2.35. The minimum Gasteiger partial charge on any atom is -0.392 e. The molecule has 148 valence electrons. The third kappa shape index (κ3) is 2.82. The van der Waals surface area contributed by atoms with Crippen LogP contribution in [0.3, 0.4) is 0 Å². The second-order valence-corrected chi connectivity index (χ2v) is 7.78. The van der Waals surface area contributed by atoms with Gasteiger partial charge in [-0.2, -0.15) is 0 Å². The van der Waals surface area contributed by atoms with Gasteiger partial charge in [0.05, 0.1) is 17.6 Å². The molecule has 0 fully saturated rings. The number of hydrogen-bond donors (Lipinski definition) is 1. The third-order valence-electron chi connectivity index (χ3n) is 5.96. The lowest BCUT2D eigenvalue weighted by Gasteiger charge is -2.10. The summed E-state index contributed by atoms with van der Waals surface area (Å²) in [7, 11) is 0. The summed E-state index contributed by atoms with van der Waals surface area (Å²) in [5.74, 6) is 0.895. The normalized spacial score (nSPS) is 11.5. The van der Waals surface area contributed by atoms with Gasteiger partial charge in [0.2, 0.25) is 0 Å². The summed E-state index contributed by atoms with van der Waals surface area (Å²) in [6.45, 7) is 0.0348. The number of aliphatic hydroxyl groups excluding tert-OH is 1. The molecule has 6 rings (SSSR count). The Morgan fingerprint density at radius 3 is 2.19 bits per heavy atom. The molecule has 0 aliphatic carbocycles. The fraction of sp³-hybridized carbons (Fsp3) is 0.0357. The molecule has 0 saturated heterocycles. The number of benzene rings is 5. The van der Waals surface area contributed by atoms with E-state index in [4.69, 9.17) is 4.98 Å². The van der Waals surface area contributed by atoms with Gasteiger partial charge >= 0.3 is 0 Å². The van der Waals surface area contributed by atoms with Crippen LogP contribution in [-0.4, -0.2) is 14.7 Å². The number of nitrogens with zero attached hydrogens (tertiary/aromatic N) is 2. The number of para-hydroxylation sites is 1. The fourth-order valence-corrected chi connectivity index (χ4v) is 4.42. The van der Waals surface area contributed by atoms with Crippen LogP contribution in [0.15, 0.2) is 103 Å². The Hall–Kier alpha value is -3.95. The van der Waals surface area contributed by atoms with Crippen LogP contribution in [0.5, 0.6) is 0 Å². The van der Waals surface area contributed by atoms with Gasteiger partial charge < -0.3 is 5.11 Å². The number of rotatable bonds is 3. The summed E-state index contributed by atoms with van der Waals surface area (Å²) in [6.07, 6.45) is 0. The molecule has 0 aliphatic rings. The van der Waals surface area contributed by atoms with Crippen molar-refractivity contribution in [1.82, 2.24) is 9.55 Å². The Kier molecular flexibility index (Phi) is 4.08. The van der Waals surface area contributed by atoms with Gasteiger partial charge in [-0.3, -0.25) is 4.57 Å². The maximum atomic E-state index is 9.43. The molecule has 0 unspecified atom stereocenters. The van der Waals surface area contributed by atoms with Crippen molar-refractivity contribution in [2.24, 2.45) is 0 Å². The zero-order valence-electron chi connectivity index (χ0n) is 16.9. The summed E-state index contributed by atoms with van der Waals surface area (Å²) in [6, 6.07) is 35.5. The average Bonchev–Trinajstić information content (AvgIpc) is 3.24. The van der Waals surface area contributed by atoms with E-state index in [0.29, 0.717) is 0 Å². The van der Waals surface area contributed by atoms with Crippen molar-refractivity contribution >= 4 is 32.6 Å². The topological polar surface area (TPSA) is 38.1 Å². The summed E-state index contributed by atoms with van der Waals surface area (Å²) in [5, 5.41) is 14.3. The Balaban J connectivity index is 1.71. The molecule has 1 N–H and O–H groups in total. The summed E-state index contributed by atoms with van der Waals surface area (Å²) in [4.78, 5) is 5.15. The van der Waals surface area contributed by atoms with Gasteiger partial charge in [-0.05, 0) is 39.9 Å². The number of fused-ring (bicyclic) bond motifs is 5. The molecule has 1 aromatic heterocycles. The Morgan fingerprint density at radius 2 is 1.39 bits per heavy atom. The predicted octanol–water partition coefficient (Wildman–Crippen LogP) is 6.49. The van der Waals surface area contributed by atoms with E-state index in [1.807, 2.05) is 42.5 Å². The van der Waals surface area contributed by atoms with Crippen molar-refractivity contribution in [3.8, 4) is 17.1 Å². The molecule has 0 spiro atoms. The van der Waals surface area contributed by atoms with E-state index < -0.39 is 0 Å². The SMILES string of the molecule is OCc1ccc(-c2nc3c4ccc5ccccc5c4ccc3n2-c2ccccc2)cc1. The Labute approximate surface area is 179 Å². The second kappa shape index (κ2) is 7.08. The van der Waals surface area contributed by atoms with Crippen LogP contribution in [0.2, 0.25) is 0 Å². The van der Waals surface area contributed by atoms with Crippen molar-refractivity contribution in [2.75, 3.05) is 0 Å². The van der Waals surface area contributed by atoms with Gasteiger partial charge in [0.25, 0.3) is 0 Å². The first kappa shape index (κ1) is 17.9. The van der Waals surface area contributed by atoms with Crippen LogP contribution >= 0.6 is 0 Å². The van der Waals surface area contributed by atoms with E-state index in [1.165, 1.54) is 16.2 Å². The molecule has 3 heteroatoms. The van der Waals surface area contributed by atoms with Gasteiger partial charge in [0, 0.05) is 16.6 Å². The molecule has 5 aromatic carbocycles. The van der Waals surface area contributed by atoms with Crippen molar-refractivity contribution in [3.05, 3.63) is 109 Å². The maximum Gasteiger partial charge on any atom is 0.145 e. The highest BCUT2D eigenvalue weighted by Gasteiger charge is 2.17. The minimum atomic E-state index is 0.0348. The van der Waals surface area contributed by atoms with E-state index in [2.05, 4.69) is 65.2 Å². The van der Waals surface area contributed by atoms with Gasteiger partial charge in [0.1, 0.15) is 5.82 Å².